The lowest BCUT2D eigenvalue weighted by molar-refractivity contribution is 0.142. The Labute approximate surface area is 156 Å². The number of hydrogen-bond donors (Lipinski definition) is 1. The molecule has 3 rings (SSSR count). The zero-order chi connectivity index (χ0) is 17.4. The molecule has 24 heavy (non-hydrogen) atoms. The van der Waals surface area contributed by atoms with Gasteiger partial charge in [-0.2, -0.15) is 0 Å². The van der Waals surface area contributed by atoms with Crippen LogP contribution < -0.4 is 4.74 Å². The molecular weight excluding hydrogens is 395 g/mol. The zero-order valence-electron chi connectivity index (χ0n) is 12.1. The van der Waals surface area contributed by atoms with Crippen molar-refractivity contribution in [3.05, 3.63) is 50.3 Å². The first kappa shape index (κ1) is 17.1. The second-order valence-corrected chi connectivity index (χ2v) is 6.97. The highest BCUT2D eigenvalue weighted by molar-refractivity contribution is 7.14. The van der Waals surface area contributed by atoms with Gasteiger partial charge >= 0.3 is 6.16 Å². The minimum absolute atomic E-state index is 0.0203. The van der Waals surface area contributed by atoms with Crippen LogP contribution in [0.1, 0.15) is 5.56 Å². The third-order valence-corrected chi connectivity index (χ3v) is 5.02. The molecule has 2 heterocycles. The van der Waals surface area contributed by atoms with Crippen molar-refractivity contribution in [2.24, 2.45) is 0 Å². The first-order valence-electron chi connectivity index (χ1n) is 6.57. The minimum Gasteiger partial charge on any atom is -0.449 e. The lowest BCUT2D eigenvalue weighted by Gasteiger charge is -2.08. The number of benzene rings is 1. The summed E-state index contributed by atoms with van der Waals surface area (Å²) in [6.07, 6.45) is -1.44. The van der Waals surface area contributed by atoms with Crippen LogP contribution in [0.15, 0.2) is 29.6 Å². The van der Waals surface area contributed by atoms with Gasteiger partial charge in [-0.15, -0.1) is 16.4 Å². The predicted octanol–water partition coefficient (Wildman–Crippen LogP) is 5.93. The van der Waals surface area contributed by atoms with Gasteiger partial charge in [0.1, 0.15) is 0 Å². The fourth-order valence-corrected chi connectivity index (χ4v) is 3.86. The minimum atomic E-state index is -1.44. The van der Waals surface area contributed by atoms with Crippen LogP contribution in [0.4, 0.5) is 4.79 Å². The van der Waals surface area contributed by atoms with E-state index in [4.69, 9.17) is 44.6 Å². The first-order chi connectivity index (χ1) is 11.4. The molecule has 0 spiro atoms. The molecule has 0 aliphatic carbocycles. The Kier molecular flexibility index (Phi) is 4.73. The summed E-state index contributed by atoms with van der Waals surface area (Å²) in [5.74, 6) is -0.0203. The molecule has 0 bridgehead atoms. The summed E-state index contributed by atoms with van der Waals surface area (Å²) in [4.78, 5) is 11.7. The molecule has 1 N–H and O–H groups in total. The van der Waals surface area contributed by atoms with Gasteiger partial charge in [0, 0.05) is 16.0 Å². The van der Waals surface area contributed by atoms with E-state index in [1.165, 1.54) is 16.0 Å². The summed E-state index contributed by atoms with van der Waals surface area (Å²) in [6, 6.07) is 6.71. The molecule has 0 amide bonds. The highest BCUT2D eigenvalue weighted by atomic mass is 35.5. The molecule has 0 aliphatic rings. The number of rotatable bonds is 3. The van der Waals surface area contributed by atoms with Gasteiger partial charge in [-0.1, -0.05) is 34.8 Å². The third-order valence-electron chi connectivity index (χ3n) is 3.20. The van der Waals surface area contributed by atoms with E-state index in [9.17, 15) is 4.79 Å². The van der Waals surface area contributed by atoms with Gasteiger partial charge in [0.25, 0.3) is 0 Å². The molecule has 5 nitrogen and oxygen atoms in total. The molecule has 9 heteroatoms. The topological polar surface area (TPSA) is 64.3 Å². The summed E-state index contributed by atoms with van der Waals surface area (Å²) in [7, 11) is 0. The highest BCUT2D eigenvalue weighted by Crippen LogP contribution is 2.38. The summed E-state index contributed by atoms with van der Waals surface area (Å²) in [5, 5.41) is 16.3. The van der Waals surface area contributed by atoms with Crippen LogP contribution in [0.2, 0.25) is 15.1 Å². The van der Waals surface area contributed by atoms with Crippen LogP contribution in [0.5, 0.6) is 5.88 Å². The number of ether oxygens (including phenoxy) is 1. The largest absolute Gasteiger partial charge is 0.512 e. The number of carbonyl (C=O) groups is 1. The number of aromatic nitrogens is 2. The van der Waals surface area contributed by atoms with E-state index in [-0.39, 0.29) is 5.88 Å². The Hall–Kier alpha value is -1.73. The molecule has 2 aromatic heterocycles. The molecule has 0 unspecified atom stereocenters. The maximum absolute atomic E-state index is 10.9. The number of hydrogen-bond acceptors (Lipinski definition) is 4. The van der Waals surface area contributed by atoms with Crippen LogP contribution >= 0.6 is 46.1 Å². The molecule has 0 fully saturated rings. The second-order valence-electron chi connectivity index (χ2n) is 4.78. The average Bonchev–Trinajstić information content (AvgIpc) is 3.03. The fraction of sp³-hybridized carbons (Fsp3) is 0.0667. The lowest BCUT2D eigenvalue weighted by Crippen LogP contribution is -2.05. The molecule has 0 aliphatic heterocycles. The predicted molar refractivity (Wildman–Crippen MR) is 95.3 cm³/mol. The van der Waals surface area contributed by atoms with Crippen molar-refractivity contribution >= 4 is 52.3 Å². The number of halogens is 3. The van der Waals surface area contributed by atoms with Gasteiger partial charge in [0.15, 0.2) is 0 Å². The summed E-state index contributed by atoms with van der Waals surface area (Å²) in [5.41, 5.74) is 1.75. The van der Waals surface area contributed by atoms with E-state index in [1.54, 1.807) is 36.6 Å². The maximum Gasteiger partial charge on any atom is 0.512 e. The molecule has 0 saturated heterocycles. The van der Waals surface area contributed by atoms with Gasteiger partial charge in [0.2, 0.25) is 5.88 Å². The Bertz CT molecular complexity index is 936. The van der Waals surface area contributed by atoms with E-state index in [2.05, 4.69) is 5.10 Å². The van der Waals surface area contributed by atoms with Crippen LogP contribution in [0, 0.1) is 6.92 Å². The summed E-state index contributed by atoms with van der Waals surface area (Å²) < 4.78 is 6.29. The molecule has 0 atom stereocenters. The SMILES string of the molecule is Cc1c(OC(=O)O)nn(-c2ccc(Cl)cc2Cl)c1-c1cc(Cl)cs1. The highest BCUT2D eigenvalue weighted by Gasteiger charge is 2.22. The maximum atomic E-state index is 10.9. The van der Waals surface area contributed by atoms with Crippen molar-refractivity contribution in [1.82, 2.24) is 9.78 Å². The molecule has 0 radical (unpaired) electrons. The standard InChI is InChI=1S/C15H9Cl3N2O3S/c1-7-13(12-5-9(17)6-24-12)20(19-14(7)23-15(21)22)11-3-2-8(16)4-10(11)18/h2-6H,1H3,(H,21,22). The van der Waals surface area contributed by atoms with Gasteiger partial charge < -0.3 is 9.84 Å². The fourth-order valence-electron chi connectivity index (χ4n) is 2.21. The van der Waals surface area contributed by atoms with Gasteiger partial charge in [-0.3, -0.25) is 0 Å². The van der Waals surface area contributed by atoms with E-state index >= 15 is 0 Å². The Morgan fingerprint density at radius 1 is 1.25 bits per heavy atom. The second kappa shape index (κ2) is 6.64. The summed E-state index contributed by atoms with van der Waals surface area (Å²) >= 11 is 19.6. The van der Waals surface area contributed by atoms with Crippen LogP contribution in [0.25, 0.3) is 16.3 Å². The number of carboxylic acid groups (broad SMARTS) is 1. The van der Waals surface area contributed by atoms with Crippen molar-refractivity contribution in [3.8, 4) is 22.1 Å². The van der Waals surface area contributed by atoms with Crippen LogP contribution in [0.3, 0.4) is 0 Å². The van der Waals surface area contributed by atoms with E-state index in [0.29, 0.717) is 32.0 Å². The van der Waals surface area contributed by atoms with Gasteiger partial charge in [0.05, 0.1) is 26.3 Å². The molecular formula is C15H9Cl3N2O3S. The van der Waals surface area contributed by atoms with Crippen LogP contribution in [-0.4, -0.2) is 21.0 Å². The smallest absolute Gasteiger partial charge is 0.449 e. The molecule has 124 valence electrons. The number of nitrogens with zero attached hydrogens (tertiary/aromatic N) is 2. The normalized spacial score (nSPS) is 10.8. The monoisotopic (exact) mass is 402 g/mol. The third kappa shape index (κ3) is 3.23. The first-order valence-corrected chi connectivity index (χ1v) is 8.58. The van der Waals surface area contributed by atoms with Crippen molar-refractivity contribution in [2.45, 2.75) is 6.92 Å². The lowest BCUT2D eigenvalue weighted by atomic mass is 10.2. The quantitative estimate of drug-likeness (QED) is 0.551. The molecule has 1 aromatic carbocycles. The van der Waals surface area contributed by atoms with Crippen molar-refractivity contribution in [2.75, 3.05) is 0 Å². The van der Waals surface area contributed by atoms with Gasteiger partial charge in [-0.05, 0) is 31.2 Å². The molecule has 0 saturated carbocycles. The Morgan fingerprint density at radius 3 is 2.58 bits per heavy atom. The number of thiophene rings is 1. The molecule has 3 aromatic rings. The van der Waals surface area contributed by atoms with Gasteiger partial charge in [-0.25, -0.2) is 9.48 Å². The summed E-state index contributed by atoms with van der Waals surface area (Å²) in [6.45, 7) is 1.72. The Morgan fingerprint density at radius 2 is 2.00 bits per heavy atom. The van der Waals surface area contributed by atoms with Crippen LogP contribution in [-0.2, 0) is 0 Å². The van der Waals surface area contributed by atoms with Crippen molar-refractivity contribution in [1.29, 1.82) is 0 Å². The zero-order valence-corrected chi connectivity index (χ0v) is 15.2. The Balaban J connectivity index is 2.25. The van der Waals surface area contributed by atoms with E-state index in [1.807, 2.05) is 0 Å². The average molecular weight is 404 g/mol. The van der Waals surface area contributed by atoms with E-state index in [0.717, 1.165) is 4.88 Å². The van der Waals surface area contributed by atoms with Crippen molar-refractivity contribution in [3.63, 3.8) is 0 Å². The van der Waals surface area contributed by atoms with E-state index < -0.39 is 6.16 Å². The van der Waals surface area contributed by atoms with Crippen molar-refractivity contribution < 1.29 is 14.6 Å².